The van der Waals surface area contributed by atoms with Gasteiger partial charge in [-0.3, -0.25) is 4.79 Å². The molecule has 1 aromatic rings. The molecular formula is C17H28N2O2. The highest BCUT2D eigenvalue weighted by Gasteiger charge is 2.13. The van der Waals surface area contributed by atoms with E-state index in [1.165, 1.54) is 25.7 Å². The number of nitrogens with one attached hydrogen (secondary N) is 1. The molecule has 0 aromatic heterocycles. The first kappa shape index (κ1) is 17.7. The maximum atomic E-state index is 12.0. The summed E-state index contributed by atoms with van der Waals surface area (Å²) in [4.78, 5) is 12.0. The lowest BCUT2D eigenvalue weighted by atomic mass is 10.2. The Bertz CT molecular complexity index is 421. The molecule has 0 aliphatic rings. The normalized spacial score (nSPS) is 12.1. The zero-order valence-corrected chi connectivity index (χ0v) is 13.2. The maximum Gasteiger partial charge on any atom is 0.253 e. The maximum absolute atomic E-state index is 12.0. The fourth-order valence-electron chi connectivity index (χ4n) is 2.06. The number of hydrogen-bond acceptors (Lipinski definition) is 3. The largest absolute Gasteiger partial charge is 0.369 e. The van der Waals surface area contributed by atoms with Crippen LogP contribution >= 0.6 is 0 Å². The highest BCUT2D eigenvalue weighted by Crippen LogP contribution is 2.11. The average Bonchev–Trinajstić information content (AvgIpc) is 2.50. The number of nitrogens with two attached hydrogens (primary N) is 1. The van der Waals surface area contributed by atoms with E-state index in [2.05, 4.69) is 12.2 Å². The highest BCUT2D eigenvalue weighted by atomic mass is 16.5. The number of benzene rings is 1. The van der Waals surface area contributed by atoms with Crippen molar-refractivity contribution in [2.45, 2.75) is 58.6 Å². The van der Waals surface area contributed by atoms with Gasteiger partial charge in [0.25, 0.3) is 5.91 Å². The fourth-order valence-corrected chi connectivity index (χ4v) is 2.06. The van der Waals surface area contributed by atoms with Gasteiger partial charge < -0.3 is 15.8 Å². The van der Waals surface area contributed by atoms with Crippen LogP contribution < -0.4 is 11.1 Å². The van der Waals surface area contributed by atoms with E-state index >= 15 is 0 Å². The summed E-state index contributed by atoms with van der Waals surface area (Å²) in [6, 6.07) is 7.56. The zero-order valence-electron chi connectivity index (χ0n) is 13.2. The summed E-state index contributed by atoms with van der Waals surface area (Å²) in [5, 5.41) is 2.86. The van der Waals surface area contributed by atoms with Crippen LogP contribution in [-0.4, -0.2) is 18.6 Å². The topological polar surface area (TPSA) is 64.3 Å². The van der Waals surface area contributed by atoms with Crippen molar-refractivity contribution < 1.29 is 9.53 Å². The number of ether oxygens (including phenoxy) is 1. The van der Waals surface area contributed by atoms with E-state index in [1.807, 2.05) is 24.3 Å². The molecule has 0 saturated carbocycles. The molecule has 0 aliphatic heterocycles. The first-order chi connectivity index (χ1) is 10.2. The molecule has 3 N–H and O–H groups in total. The Labute approximate surface area is 128 Å². The third-order valence-corrected chi connectivity index (χ3v) is 3.42. The molecule has 0 aliphatic carbocycles. The quantitative estimate of drug-likeness (QED) is 0.649. The van der Waals surface area contributed by atoms with Gasteiger partial charge in [-0.25, -0.2) is 0 Å². The molecule has 0 saturated heterocycles. The van der Waals surface area contributed by atoms with Gasteiger partial charge in [-0.1, -0.05) is 44.7 Å². The van der Waals surface area contributed by atoms with E-state index in [0.717, 1.165) is 17.7 Å². The van der Waals surface area contributed by atoms with Gasteiger partial charge in [0.1, 0.15) is 6.10 Å². The molecule has 1 amide bonds. The Morgan fingerprint density at radius 1 is 1.29 bits per heavy atom. The number of amides is 1. The van der Waals surface area contributed by atoms with E-state index in [0.29, 0.717) is 13.2 Å². The molecule has 4 heteroatoms. The second-order valence-corrected chi connectivity index (χ2v) is 5.32. The van der Waals surface area contributed by atoms with Crippen LogP contribution in [0.1, 0.15) is 51.5 Å². The first-order valence-corrected chi connectivity index (χ1v) is 7.88. The Kier molecular flexibility index (Phi) is 8.71. The van der Waals surface area contributed by atoms with Crippen molar-refractivity contribution >= 4 is 11.6 Å². The van der Waals surface area contributed by atoms with Gasteiger partial charge in [0, 0.05) is 18.8 Å². The molecular weight excluding hydrogens is 264 g/mol. The first-order valence-electron chi connectivity index (χ1n) is 7.88. The van der Waals surface area contributed by atoms with Crippen molar-refractivity contribution in [2.24, 2.45) is 5.73 Å². The summed E-state index contributed by atoms with van der Waals surface area (Å²) < 4.78 is 5.58. The molecule has 118 valence electrons. The van der Waals surface area contributed by atoms with Gasteiger partial charge in [0.15, 0.2) is 0 Å². The van der Waals surface area contributed by atoms with Crippen LogP contribution in [0.15, 0.2) is 24.3 Å². The minimum absolute atomic E-state index is 0.113. The molecule has 4 nitrogen and oxygen atoms in total. The van der Waals surface area contributed by atoms with Gasteiger partial charge >= 0.3 is 0 Å². The van der Waals surface area contributed by atoms with E-state index in [4.69, 9.17) is 10.5 Å². The number of carbonyl (C=O) groups is 1. The number of carbonyl (C=O) groups excluding carboxylic acids is 1. The molecule has 1 rings (SSSR count). The third-order valence-electron chi connectivity index (χ3n) is 3.42. The number of anilines is 1. The molecule has 0 spiro atoms. The minimum Gasteiger partial charge on any atom is -0.369 e. The molecule has 1 atom stereocenters. The van der Waals surface area contributed by atoms with Gasteiger partial charge in [-0.05, 0) is 31.0 Å². The molecule has 0 heterocycles. The summed E-state index contributed by atoms with van der Waals surface area (Å²) in [6.45, 7) is 5.09. The van der Waals surface area contributed by atoms with Crippen molar-refractivity contribution in [2.75, 3.05) is 11.9 Å². The second-order valence-electron chi connectivity index (χ2n) is 5.32. The van der Waals surface area contributed by atoms with E-state index in [1.54, 1.807) is 6.92 Å². The summed E-state index contributed by atoms with van der Waals surface area (Å²) in [5.41, 5.74) is 7.35. The van der Waals surface area contributed by atoms with Gasteiger partial charge in [-0.15, -0.1) is 0 Å². The van der Waals surface area contributed by atoms with Crippen LogP contribution in [0.3, 0.4) is 0 Å². The Balaban J connectivity index is 2.27. The van der Waals surface area contributed by atoms with Crippen LogP contribution in [0.2, 0.25) is 0 Å². The van der Waals surface area contributed by atoms with Crippen LogP contribution in [0.4, 0.5) is 5.69 Å². The summed E-state index contributed by atoms with van der Waals surface area (Å²) in [5.74, 6) is -0.113. The lowest BCUT2D eigenvalue weighted by Gasteiger charge is -2.14. The standard InChI is InChI=1S/C17H28N2O2/c1-3-4-5-6-7-11-21-14(2)17(20)19-16-10-8-9-15(12-16)13-18/h8-10,12,14H,3-7,11,13,18H2,1-2H3,(H,19,20). The number of unbranched alkanes of at least 4 members (excludes halogenated alkanes) is 4. The van der Waals surface area contributed by atoms with Crippen molar-refractivity contribution in [1.29, 1.82) is 0 Å². The van der Waals surface area contributed by atoms with Crippen LogP contribution in [-0.2, 0) is 16.1 Å². The minimum atomic E-state index is -0.433. The summed E-state index contributed by atoms with van der Waals surface area (Å²) in [6.07, 6.45) is 5.50. The Morgan fingerprint density at radius 3 is 2.76 bits per heavy atom. The third kappa shape index (κ3) is 7.25. The fraction of sp³-hybridized carbons (Fsp3) is 0.588. The lowest BCUT2D eigenvalue weighted by molar-refractivity contribution is -0.126. The van der Waals surface area contributed by atoms with Crippen molar-refractivity contribution in [3.8, 4) is 0 Å². The highest BCUT2D eigenvalue weighted by molar-refractivity contribution is 5.93. The Hall–Kier alpha value is -1.39. The molecule has 1 aromatic carbocycles. The monoisotopic (exact) mass is 292 g/mol. The van der Waals surface area contributed by atoms with Crippen LogP contribution in [0.25, 0.3) is 0 Å². The number of rotatable bonds is 10. The second kappa shape index (κ2) is 10.4. The van der Waals surface area contributed by atoms with Crippen LogP contribution in [0, 0.1) is 0 Å². The molecule has 0 fully saturated rings. The lowest BCUT2D eigenvalue weighted by Crippen LogP contribution is -2.28. The van der Waals surface area contributed by atoms with E-state index < -0.39 is 6.10 Å². The average molecular weight is 292 g/mol. The SMILES string of the molecule is CCCCCCCOC(C)C(=O)Nc1cccc(CN)c1. The van der Waals surface area contributed by atoms with Crippen molar-refractivity contribution in [3.05, 3.63) is 29.8 Å². The predicted octanol–water partition coefficient (Wildman–Crippen LogP) is 3.46. The van der Waals surface area contributed by atoms with Crippen molar-refractivity contribution in [3.63, 3.8) is 0 Å². The Morgan fingerprint density at radius 2 is 2.05 bits per heavy atom. The van der Waals surface area contributed by atoms with Gasteiger partial charge in [-0.2, -0.15) is 0 Å². The summed E-state index contributed by atoms with van der Waals surface area (Å²) in [7, 11) is 0. The zero-order chi connectivity index (χ0) is 15.5. The summed E-state index contributed by atoms with van der Waals surface area (Å²) >= 11 is 0. The van der Waals surface area contributed by atoms with E-state index in [9.17, 15) is 4.79 Å². The van der Waals surface area contributed by atoms with Crippen molar-refractivity contribution in [1.82, 2.24) is 0 Å². The molecule has 21 heavy (non-hydrogen) atoms. The number of hydrogen-bond donors (Lipinski definition) is 2. The molecule has 0 radical (unpaired) electrons. The smallest absolute Gasteiger partial charge is 0.253 e. The van der Waals surface area contributed by atoms with Crippen LogP contribution in [0.5, 0.6) is 0 Å². The molecule has 1 unspecified atom stereocenters. The van der Waals surface area contributed by atoms with E-state index in [-0.39, 0.29) is 5.91 Å². The predicted molar refractivity (Wildman–Crippen MR) is 87.1 cm³/mol. The molecule has 0 bridgehead atoms. The van der Waals surface area contributed by atoms with Gasteiger partial charge in [0.2, 0.25) is 0 Å². The van der Waals surface area contributed by atoms with Gasteiger partial charge in [0.05, 0.1) is 0 Å².